The fourth-order valence-corrected chi connectivity index (χ4v) is 3.01. The lowest BCUT2D eigenvalue weighted by Crippen LogP contribution is -2.13. The Balaban J connectivity index is 1.59. The van der Waals surface area contributed by atoms with Crippen molar-refractivity contribution in [3.63, 3.8) is 0 Å². The maximum atomic E-state index is 12.7. The molecule has 30 heavy (non-hydrogen) atoms. The summed E-state index contributed by atoms with van der Waals surface area (Å²) in [5.41, 5.74) is 0.848. The molecule has 154 valence electrons. The molecule has 4 aromatic rings. The highest BCUT2D eigenvalue weighted by atomic mass is 16.5. The molecule has 9 nitrogen and oxygen atoms in total. The molecule has 1 N–H and O–H groups in total. The number of anilines is 1. The van der Waals surface area contributed by atoms with Crippen molar-refractivity contribution in [2.75, 3.05) is 26.1 Å². The van der Waals surface area contributed by atoms with Gasteiger partial charge in [0.15, 0.2) is 28.6 Å². The zero-order valence-corrected chi connectivity index (χ0v) is 16.6. The summed E-state index contributed by atoms with van der Waals surface area (Å²) in [7, 11) is 2.95. The highest BCUT2D eigenvalue weighted by Crippen LogP contribution is 2.34. The van der Waals surface area contributed by atoms with Gasteiger partial charge in [0.25, 0.3) is 11.8 Å². The van der Waals surface area contributed by atoms with Gasteiger partial charge in [0.1, 0.15) is 0 Å². The van der Waals surface area contributed by atoms with Crippen molar-refractivity contribution in [1.29, 1.82) is 0 Å². The van der Waals surface area contributed by atoms with Crippen molar-refractivity contribution in [2.24, 2.45) is 0 Å². The van der Waals surface area contributed by atoms with E-state index in [2.05, 4.69) is 15.5 Å². The van der Waals surface area contributed by atoms with Crippen LogP contribution in [-0.4, -0.2) is 36.9 Å². The Bertz CT molecular complexity index is 1200. The van der Waals surface area contributed by atoms with E-state index >= 15 is 0 Å². The number of para-hydroxylation sites is 2. The first-order valence-corrected chi connectivity index (χ1v) is 9.16. The second-order valence-corrected chi connectivity index (χ2v) is 6.13. The summed E-state index contributed by atoms with van der Waals surface area (Å²) in [6.07, 6.45) is 0. The van der Waals surface area contributed by atoms with Crippen molar-refractivity contribution in [1.82, 2.24) is 10.2 Å². The zero-order chi connectivity index (χ0) is 21.1. The number of nitrogens with zero attached hydrogens (tertiary/aromatic N) is 2. The van der Waals surface area contributed by atoms with Gasteiger partial charge < -0.3 is 23.0 Å². The number of carbonyl (C=O) groups is 1. The van der Waals surface area contributed by atoms with Crippen molar-refractivity contribution in [3.8, 4) is 28.9 Å². The van der Waals surface area contributed by atoms with Crippen molar-refractivity contribution >= 4 is 22.9 Å². The number of methoxy groups -OCH3 is 2. The number of fused-ring (bicyclic) bond motifs is 1. The van der Waals surface area contributed by atoms with Gasteiger partial charge in [-0.05, 0) is 31.2 Å². The molecule has 0 atom stereocenters. The molecule has 2 heterocycles. The van der Waals surface area contributed by atoms with Gasteiger partial charge in [-0.2, -0.15) is 0 Å². The Kier molecular flexibility index (Phi) is 5.25. The largest absolute Gasteiger partial charge is 0.493 e. The SMILES string of the molecule is CCOc1cccc2cc(-c3nnc(NC(=O)c4cccc(OC)c4OC)o3)oc12. The number of nitrogens with one attached hydrogen (secondary N) is 1. The molecule has 2 aromatic carbocycles. The van der Waals surface area contributed by atoms with Gasteiger partial charge in [-0.3, -0.25) is 10.1 Å². The van der Waals surface area contributed by atoms with Crippen LogP contribution in [0.2, 0.25) is 0 Å². The number of aromatic nitrogens is 2. The van der Waals surface area contributed by atoms with Crippen LogP contribution < -0.4 is 19.5 Å². The first-order valence-electron chi connectivity index (χ1n) is 9.16. The molecule has 9 heteroatoms. The second-order valence-electron chi connectivity index (χ2n) is 6.13. The van der Waals surface area contributed by atoms with Crippen molar-refractivity contribution in [3.05, 3.63) is 48.0 Å². The zero-order valence-electron chi connectivity index (χ0n) is 16.6. The van der Waals surface area contributed by atoms with E-state index in [1.165, 1.54) is 14.2 Å². The lowest BCUT2D eigenvalue weighted by molar-refractivity contribution is 0.102. The summed E-state index contributed by atoms with van der Waals surface area (Å²) in [4.78, 5) is 12.7. The summed E-state index contributed by atoms with van der Waals surface area (Å²) < 4.78 is 27.5. The lowest BCUT2D eigenvalue weighted by Gasteiger charge is -2.11. The normalized spacial score (nSPS) is 10.8. The number of furan rings is 1. The van der Waals surface area contributed by atoms with Gasteiger partial charge >= 0.3 is 6.01 Å². The summed E-state index contributed by atoms with van der Waals surface area (Å²) in [6, 6.07) is 12.2. The van der Waals surface area contributed by atoms with Gasteiger partial charge in [-0.15, -0.1) is 5.10 Å². The van der Waals surface area contributed by atoms with Crippen LogP contribution in [0.3, 0.4) is 0 Å². The molecule has 0 saturated carbocycles. The van der Waals surface area contributed by atoms with Crippen LogP contribution in [0.15, 0.2) is 51.3 Å². The predicted molar refractivity (Wildman–Crippen MR) is 108 cm³/mol. The molecule has 0 aliphatic heterocycles. The molecule has 0 fully saturated rings. The average Bonchev–Trinajstić information content (AvgIpc) is 3.40. The number of amides is 1. The van der Waals surface area contributed by atoms with E-state index in [1.54, 1.807) is 24.3 Å². The Morgan fingerprint density at radius 2 is 1.83 bits per heavy atom. The monoisotopic (exact) mass is 409 g/mol. The van der Waals surface area contributed by atoms with Gasteiger partial charge in [0.2, 0.25) is 0 Å². The van der Waals surface area contributed by atoms with E-state index in [0.717, 1.165) is 5.39 Å². The fourth-order valence-electron chi connectivity index (χ4n) is 3.01. The highest BCUT2D eigenvalue weighted by molar-refractivity contribution is 6.05. The highest BCUT2D eigenvalue weighted by Gasteiger charge is 2.20. The lowest BCUT2D eigenvalue weighted by atomic mass is 10.1. The molecular weight excluding hydrogens is 390 g/mol. The van der Waals surface area contributed by atoms with Gasteiger partial charge in [-0.25, -0.2) is 0 Å². The molecule has 0 unspecified atom stereocenters. The quantitative estimate of drug-likeness (QED) is 0.485. The third-order valence-corrected chi connectivity index (χ3v) is 4.31. The maximum Gasteiger partial charge on any atom is 0.322 e. The van der Waals surface area contributed by atoms with Crippen LogP contribution in [0.5, 0.6) is 17.2 Å². The molecule has 2 aromatic heterocycles. The topological polar surface area (TPSA) is 109 Å². The average molecular weight is 409 g/mol. The molecule has 0 radical (unpaired) electrons. The summed E-state index contributed by atoms with van der Waals surface area (Å²) in [5.74, 6) is 1.37. The van der Waals surface area contributed by atoms with Gasteiger partial charge in [-0.1, -0.05) is 23.3 Å². The van der Waals surface area contributed by atoms with E-state index in [-0.39, 0.29) is 17.5 Å². The molecular formula is C21H19N3O6. The minimum atomic E-state index is -0.482. The fraction of sp³-hybridized carbons (Fsp3) is 0.190. The minimum Gasteiger partial charge on any atom is -0.493 e. The molecule has 1 amide bonds. The van der Waals surface area contributed by atoms with E-state index in [9.17, 15) is 4.79 Å². The van der Waals surface area contributed by atoms with Crippen LogP contribution in [0.4, 0.5) is 6.01 Å². The van der Waals surface area contributed by atoms with E-state index in [0.29, 0.717) is 35.2 Å². The molecule has 0 aliphatic rings. The van der Waals surface area contributed by atoms with E-state index in [4.69, 9.17) is 23.0 Å². The second kappa shape index (κ2) is 8.16. The number of benzene rings is 2. The van der Waals surface area contributed by atoms with Crippen molar-refractivity contribution < 1.29 is 27.8 Å². The Morgan fingerprint density at radius 1 is 1.03 bits per heavy atom. The predicted octanol–water partition coefficient (Wildman–Crippen LogP) is 4.15. The number of hydrogen-bond donors (Lipinski definition) is 1. The van der Waals surface area contributed by atoms with Crippen LogP contribution in [-0.2, 0) is 0 Å². The third kappa shape index (κ3) is 3.52. The van der Waals surface area contributed by atoms with E-state index in [1.807, 2.05) is 25.1 Å². The van der Waals surface area contributed by atoms with Crippen LogP contribution in [0, 0.1) is 0 Å². The maximum absolute atomic E-state index is 12.7. The Labute approximate surface area is 171 Å². The first-order chi connectivity index (χ1) is 14.6. The number of hydrogen-bond acceptors (Lipinski definition) is 8. The van der Waals surface area contributed by atoms with Crippen LogP contribution in [0.25, 0.3) is 22.6 Å². The first kappa shape index (κ1) is 19.3. The van der Waals surface area contributed by atoms with Gasteiger partial charge in [0.05, 0.1) is 26.4 Å². The molecule has 4 rings (SSSR count). The Morgan fingerprint density at radius 3 is 2.60 bits per heavy atom. The van der Waals surface area contributed by atoms with E-state index < -0.39 is 5.91 Å². The van der Waals surface area contributed by atoms with Crippen LogP contribution >= 0.6 is 0 Å². The number of ether oxygens (including phenoxy) is 3. The number of carbonyl (C=O) groups excluding carboxylic acids is 1. The smallest absolute Gasteiger partial charge is 0.322 e. The summed E-state index contributed by atoms with van der Waals surface area (Å²) >= 11 is 0. The number of rotatable bonds is 7. The molecule has 0 aliphatic carbocycles. The standard InChI is InChI=1S/C21H19N3O6/c1-4-28-15-10-5-7-12-11-16(29-17(12)15)20-23-24-21(30-20)22-19(25)13-8-6-9-14(26-2)18(13)27-3/h5-11H,4H2,1-3H3,(H,22,24,25). The minimum absolute atomic E-state index is 0.0784. The molecule has 0 bridgehead atoms. The Hall–Kier alpha value is -4.01. The third-order valence-electron chi connectivity index (χ3n) is 4.31. The molecule has 0 spiro atoms. The summed E-state index contributed by atoms with van der Waals surface area (Å²) in [5, 5.41) is 11.2. The molecule has 0 saturated heterocycles. The van der Waals surface area contributed by atoms with Gasteiger partial charge in [0, 0.05) is 5.39 Å². The summed E-state index contributed by atoms with van der Waals surface area (Å²) in [6.45, 7) is 2.41. The van der Waals surface area contributed by atoms with Crippen LogP contribution in [0.1, 0.15) is 17.3 Å². The van der Waals surface area contributed by atoms with Crippen molar-refractivity contribution in [2.45, 2.75) is 6.92 Å².